The van der Waals surface area contributed by atoms with Crippen molar-refractivity contribution < 1.29 is 9.59 Å². The molecular weight excluding hydrogens is 334 g/mol. The second kappa shape index (κ2) is 6.10. The highest BCUT2D eigenvalue weighted by atomic mass is 16.2. The maximum atomic E-state index is 12.7. The van der Waals surface area contributed by atoms with Crippen LogP contribution >= 0.6 is 0 Å². The number of benzene rings is 1. The van der Waals surface area contributed by atoms with Crippen LogP contribution in [-0.4, -0.2) is 54.8 Å². The lowest BCUT2D eigenvalue weighted by Crippen LogP contribution is -2.69. The largest absolute Gasteiger partial charge is 0.337 e. The van der Waals surface area contributed by atoms with Gasteiger partial charge < -0.3 is 14.8 Å². The van der Waals surface area contributed by atoms with Gasteiger partial charge in [-0.25, -0.2) is 4.98 Å². The van der Waals surface area contributed by atoms with Crippen molar-refractivity contribution in [3.05, 3.63) is 66.0 Å². The third-order valence-corrected chi connectivity index (χ3v) is 4.57. The molecule has 3 aromatic rings. The van der Waals surface area contributed by atoms with Crippen LogP contribution in [0.15, 0.2) is 49.1 Å². The van der Waals surface area contributed by atoms with E-state index in [1.54, 1.807) is 29.0 Å². The number of likely N-dealkylation sites (tertiary alicyclic amines) is 1. The minimum absolute atomic E-state index is 0.118. The Kier molecular flexibility index (Phi) is 3.76. The van der Waals surface area contributed by atoms with Crippen LogP contribution < -0.4 is 5.32 Å². The zero-order valence-corrected chi connectivity index (χ0v) is 14.1. The first-order valence-electron chi connectivity index (χ1n) is 8.08. The monoisotopic (exact) mass is 351 g/mol. The quantitative estimate of drug-likeness (QED) is 0.704. The van der Waals surface area contributed by atoms with Crippen LogP contribution in [0.1, 0.15) is 26.5 Å². The number of nitrogens with zero attached hydrogens (tertiary/aromatic N) is 5. The molecule has 132 valence electrons. The van der Waals surface area contributed by atoms with Gasteiger partial charge in [-0.05, 0) is 5.56 Å². The van der Waals surface area contributed by atoms with Gasteiger partial charge in [0.15, 0.2) is 5.69 Å². The molecule has 2 N–H and O–H groups in total. The van der Waals surface area contributed by atoms with Crippen molar-refractivity contribution in [2.24, 2.45) is 7.05 Å². The van der Waals surface area contributed by atoms with Gasteiger partial charge in [0.05, 0.1) is 31.8 Å². The number of H-pyrrole nitrogens is 1. The summed E-state index contributed by atoms with van der Waals surface area (Å²) in [4.78, 5) is 30.8. The highest BCUT2D eigenvalue weighted by Crippen LogP contribution is 2.33. The highest BCUT2D eigenvalue weighted by molar-refractivity contribution is 5.95. The molecule has 1 aliphatic heterocycles. The lowest BCUT2D eigenvalue weighted by Gasteiger charge is -2.50. The zero-order chi connectivity index (χ0) is 18.1. The molecule has 1 aliphatic rings. The van der Waals surface area contributed by atoms with Crippen molar-refractivity contribution in [3.8, 4) is 0 Å². The van der Waals surface area contributed by atoms with Gasteiger partial charge in [-0.2, -0.15) is 15.4 Å². The van der Waals surface area contributed by atoms with E-state index in [9.17, 15) is 9.59 Å². The summed E-state index contributed by atoms with van der Waals surface area (Å²) in [7, 11) is 1.77. The van der Waals surface area contributed by atoms with Gasteiger partial charge in [-0.3, -0.25) is 9.59 Å². The fraction of sp³-hybridized carbons (Fsp3) is 0.235. The first kappa shape index (κ1) is 16.0. The van der Waals surface area contributed by atoms with Gasteiger partial charge in [-0.15, -0.1) is 0 Å². The van der Waals surface area contributed by atoms with Crippen LogP contribution in [0.3, 0.4) is 0 Å². The zero-order valence-electron chi connectivity index (χ0n) is 14.1. The van der Waals surface area contributed by atoms with Crippen LogP contribution in [0.5, 0.6) is 0 Å². The molecule has 0 saturated carbocycles. The van der Waals surface area contributed by atoms with E-state index in [1.165, 1.54) is 6.20 Å². The van der Waals surface area contributed by atoms with E-state index in [-0.39, 0.29) is 17.5 Å². The number of aromatic amines is 1. The van der Waals surface area contributed by atoms with Crippen molar-refractivity contribution in [2.75, 3.05) is 13.1 Å². The molecule has 1 aromatic carbocycles. The van der Waals surface area contributed by atoms with Crippen LogP contribution in [0.2, 0.25) is 0 Å². The number of amides is 2. The van der Waals surface area contributed by atoms with Crippen molar-refractivity contribution in [2.45, 2.75) is 5.54 Å². The van der Waals surface area contributed by atoms with E-state index >= 15 is 0 Å². The van der Waals surface area contributed by atoms with E-state index in [2.05, 4.69) is 25.7 Å². The Morgan fingerprint density at radius 3 is 2.58 bits per heavy atom. The van der Waals surface area contributed by atoms with Crippen LogP contribution in [-0.2, 0) is 12.6 Å². The summed E-state index contributed by atoms with van der Waals surface area (Å²) in [6, 6.07) is 9.60. The lowest BCUT2D eigenvalue weighted by molar-refractivity contribution is 0.0253. The van der Waals surface area contributed by atoms with Gasteiger partial charge in [-0.1, -0.05) is 30.3 Å². The molecule has 1 saturated heterocycles. The molecule has 0 unspecified atom stereocenters. The van der Waals surface area contributed by atoms with Gasteiger partial charge >= 0.3 is 0 Å². The molecule has 26 heavy (non-hydrogen) atoms. The van der Waals surface area contributed by atoms with E-state index < -0.39 is 5.54 Å². The first-order chi connectivity index (χ1) is 12.6. The second-order valence-corrected chi connectivity index (χ2v) is 6.31. The fourth-order valence-electron chi connectivity index (χ4n) is 3.16. The van der Waals surface area contributed by atoms with Crippen molar-refractivity contribution >= 4 is 11.8 Å². The Morgan fingerprint density at radius 1 is 1.19 bits per heavy atom. The second-order valence-electron chi connectivity index (χ2n) is 6.31. The number of aryl methyl sites for hydroxylation is 1. The number of hydrogen-bond donors (Lipinski definition) is 2. The maximum absolute atomic E-state index is 12.7. The molecule has 0 radical (unpaired) electrons. The van der Waals surface area contributed by atoms with E-state index in [1.807, 2.05) is 30.3 Å². The van der Waals surface area contributed by atoms with E-state index in [4.69, 9.17) is 0 Å². The summed E-state index contributed by atoms with van der Waals surface area (Å²) in [5.41, 5.74) is 0.989. The molecule has 0 aliphatic carbocycles. The summed E-state index contributed by atoms with van der Waals surface area (Å²) in [6.07, 6.45) is 4.49. The number of imidazole rings is 1. The van der Waals surface area contributed by atoms with Crippen LogP contribution in [0, 0.1) is 0 Å². The summed E-state index contributed by atoms with van der Waals surface area (Å²) in [6.45, 7) is 0.731. The molecule has 3 heterocycles. The Bertz CT molecular complexity index is 927. The third-order valence-electron chi connectivity index (χ3n) is 4.57. The normalized spacial score (nSPS) is 15.3. The molecular formula is C17H17N7O2. The predicted octanol–water partition coefficient (Wildman–Crippen LogP) is 0.319. The maximum Gasteiger partial charge on any atom is 0.274 e. The number of hydrogen-bond acceptors (Lipinski definition) is 5. The van der Waals surface area contributed by atoms with Gasteiger partial charge in [0.1, 0.15) is 11.2 Å². The van der Waals surface area contributed by atoms with Crippen LogP contribution in [0.4, 0.5) is 0 Å². The molecule has 2 aromatic heterocycles. The Hall–Kier alpha value is -3.49. The highest BCUT2D eigenvalue weighted by Gasteiger charge is 2.48. The van der Waals surface area contributed by atoms with E-state index in [0.717, 1.165) is 5.56 Å². The molecule has 0 spiro atoms. The van der Waals surface area contributed by atoms with Crippen molar-refractivity contribution in [1.29, 1.82) is 0 Å². The Morgan fingerprint density at radius 2 is 1.96 bits per heavy atom. The number of rotatable bonds is 4. The number of aromatic nitrogens is 5. The Balaban J connectivity index is 1.58. The standard InChI is InChI=1S/C17H17N7O2/c1-23-11-18-8-14(23)16(26)24-9-17(10-24,12-5-3-2-4-6-12)20-15(25)13-7-19-22-21-13/h2-8,11H,9-10H2,1H3,(H,20,25)(H,19,21,22). The van der Waals surface area contributed by atoms with E-state index in [0.29, 0.717) is 18.8 Å². The summed E-state index contributed by atoms with van der Waals surface area (Å²) >= 11 is 0. The molecule has 4 rings (SSSR count). The smallest absolute Gasteiger partial charge is 0.274 e. The van der Waals surface area contributed by atoms with Crippen molar-refractivity contribution in [3.63, 3.8) is 0 Å². The molecule has 9 heteroatoms. The molecule has 0 atom stereocenters. The fourth-order valence-corrected chi connectivity index (χ4v) is 3.16. The third kappa shape index (κ3) is 2.63. The minimum Gasteiger partial charge on any atom is -0.337 e. The lowest BCUT2D eigenvalue weighted by atomic mass is 9.81. The first-order valence-corrected chi connectivity index (χ1v) is 8.08. The summed E-state index contributed by atoms with van der Waals surface area (Å²) in [5, 5.41) is 12.9. The average molecular weight is 351 g/mol. The predicted molar refractivity (Wildman–Crippen MR) is 91.1 cm³/mol. The van der Waals surface area contributed by atoms with Gasteiger partial charge in [0.2, 0.25) is 0 Å². The minimum atomic E-state index is -0.661. The number of carbonyl (C=O) groups is 2. The molecule has 1 fully saturated rings. The van der Waals surface area contributed by atoms with Gasteiger partial charge in [0, 0.05) is 7.05 Å². The average Bonchev–Trinajstić information content (AvgIpc) is 3.29. The molecule has 2 amide bonds. The number of carbonyl (C=O) groups excluding carboxylic acids is 2. The van der Waals surface area contributed by atoms with Crippen LogP contribution in [0.25, 0.3) is 0 Å². The SMILES string of the molecule is Cn1cncc1C(=O)N1CC(NC(=O)c2cn[nH]n2)(c2ccccc2)C1. The topological polar surface area (TPSA) is 109 Å². The van der Waals surface area contributed by atoms with Crippen molar-refractivity contribution in [1.82, 2.24) is 35.2 Å². The summed E-state index contributed by atoms with van der Waals surface area (Å²) in [5.74, 6) is -0.456. The molecule has 9 nitrogen and oxygen atoms in total. The number of nitrogens with one attached hydrogen (secondary N) is 2. The summed E-state index contributed by atoms with van der Waals surface area (Å²) < 4.78 is 1.68. The molecule has 0 bridgehead atoms. The van der Waals surface area contributed by atoms with Gasteiger partial charge in [0.25, 0.3) is 11.8 Å². The Labute approximate surface area is 149 Å².